The summed E-state index contributed by atoms with van der Waals surface area (Å²) >= 11 is 4.68. The summed E-state index contributed by atoms with van der Waals surface area (Å²) < 4.78 is 28.5. The van der Waals surface area contributed by atoms with Crippen LogP contribution < -0.4 is 10.5 Å². The number of nitrogens with zero attached hydrogens (tertiary/aromatic N) is 1. The molecular formula is C13H24BrN3O2S2. The van der Waals surface area contributed by atoms with Crippen molar-refractivity contribution in [3.8, 4) is 0 Å². The Morgan fingerprint density at radius 2 is 2.05 bits per heavy atom. The van der Waals surface area contributed by atoms with Crippen LogP contribution in [0.25, 0.3) is 0 Å². The van der Waals surface area contributed by atoms with Gasteiger partial charge in [-0.05, 0) is 48.4 Å². The SMILES string of the molecule is CC(C)CC(CN(C)C)NS(=O)(=O)c1cc(CN)sc1Br. The third kappa shape index (κ3) is 5.96. The van der Waals surface area contributed by atoms with Gasteiger partial charge in [0.2, 0.25) is 10.0 Å². The zero-order chi connectivity index (χ0) is 16.2. The molecule has 1 aromatic heterocycles. The largest absolute Gasteiger partial charge is 0.326 e. The average molecular weight is 398 g/mol. The van der Waals surface area contributed by atoms with E-state index in [4.69, 9.17) is 5.73 Å². The molecule has 1 heterocycles. The van der Waals surface area contributed by atoms with E-state index in [0.717, 1.165) is 11.3 Å². The highest BCUT2D eigenvalue weighted by molar-refractivity contribution is 9.11. The van der Waals surface area contributed by atoms with Gasteiger partial charge in [-0.2, -0.15) is 0 Å². The number of nitrogens with one attached hydrogen (secondary N) is 1. The molecule has 0 aliphatic heterocycles. The maximum atomic E-state index is 12.6. The maximum absolute atomic E-state index is 12.6. The van der Waals surface area contributed by atoms with Crippen LogP contribution in [-0.4, -0.2) is 40.0 Å². The fraction of sp³-hybridized carbons (Fsp3) is 0.692. The van der Waals surface area contributed by atoms with Crippen LogP contribution in [-0.2, 0) is 16.6 Å². The molecular weight excluding hydrogens is 374 g/mol. The van der Waals surface area contributed by atoms with Gasteiger partial charge in [0.25, 0.3) is 0 Å². The van der Waals surface area contributed by atoms with Gasteiger partial charge >= 0.3 is 0 Å². The highest BCUT2D eigenvalue weighted by Crippen LogP contribution is 2.31. The number of sulfonamides is 1. The van der Waals surface area contributed by atoms with Crippen molar-refractivity contribution in [3.05, 3.63) is 14.7 Å². The third-order valence-corrected chi connectivity index (χ3v) is 6.66. The lowest BCUT2D eigenvalue weighted by Crippen LogP contribution is -2.42. The Hall–Kier alpha value is 0.01000. The summed E-state index contributed by atoms with van der Waals surface area (Å²) in [6.07, 6.45) is 0.795. The van der Waals surface area contributed by atoms with Gasteiger partial charge in [-0.15, -0.1) is 11.3 Å². The van der Waals surface area contributed by atoms with E-state index in [1.54, 1.807) is 6.07 Å². The van der Waals surface area contributed by atoms with E-state index in [2.05, 4.69) is 34.5 Å². The number of hydrogen-bond acceptors (Lipinski definition) is 5. The molecule has 0 saturated heterocycles. The van der Waals surface area contributed by atoms with Crippen LogP contribution in [0.2, 0.25) is 0 Å². The lowest BCUT2D eigenvalue weighted by atomic mass is 10.0. The van der Waals surface area contributed by atoms with Gasteiger partial charge in [-0.25, -0.2) is 13.1 Å². The molecule has 0 aromatic carbocycles. The van der Waals surface area contributed by atoms with Crippen molar-refractivity contribution in [1.29, 1.82) is 0 Å². The number of hydrogen-bond donors (Lipinski definition) is 2. The summed E-state index contributed by atoms with van der Waals surface area (Å²) in [5, 5.41) is 0. The number of halogens is 1. The van der Waals surface area contributed by atoms with Gasteiger partial charge in [-0.1, -0.05) is 13.8 Å². The van der Waals surface area contributed by atoms with E-state index >= 15 is 0 Å². The fourth-order valence-corrected chi connectivity index (χ4v) is 5.94. The molecule has 1 atom stereocenters. The molecule has 0 aliphatic rings. The molecule has 0 bridgehead atoms. The van der Waals surface area contributed by atoms with E-state index < -0.39 is 10.0 Å². The Balaban J connectivity index is 2.96. The Morgan fingerprint density at radius 1 is 1.43 bits per heavy atom. The quantitative estimate of drug-likeness (QED) is 0.704. The standard InChI is InChI=1S/C13H24BrN3O2S2/c1-9(2)5-10(8-17(3)4)16-21(18,19)12-6-11(7-15)20-13(12)14/h6,9-10,16H,5,7-8,15H2,1-4H3. The highest BCUT2D eigenvalue weighted by Gasteiger charge is 2.25. The first kappa shape index (κ1) is 19.1. The van der Waals surface area contributed by atoms with E-state index in [1.165, 1.54) is 11.3 Å². The van der Waals surface area contributed by atoms with E-state index in [-0.39, 0.29) is 10.9 Å². The van der Waals surface area contributed by atoms with Crippen molar-refractivity contribution in [2.24, 2.45) is 11.7 Å². The first-order chi connectivity index (χ1) is 9.65. The molecule has 1 aromatic rings. The van der Waals surface area contributed by atoms with Crippen LogP contribution in [0, 0.1) is 5.92 Å². The molecule has 3 N–H and O–H groups in total. The maximum Gasteiger partial charge on any atom is 0.242 e. The Labute approximate surface area is 140 Å². The first-order valence-electron chi connectivity index (χ1n) is 6.81. The molecule has 8 heteroatoms. The minimum absolute atomic E-state index is 0.113. The predicted octanol–water partition coefficient (Wildman–Crippen LogP) is 2.22. The second-order valence-corrected chi connectivity index (χ2v) is 9.90. The fourth-order valence-electron chi connectivity index (χ4n) is 2.13. The molecule has 0 saturated carbocycles. The van der Waals surface area contributed by atoms with Gasteiger partial charge in [0, 0.05) is 24.0 Å². The summed E-state index contributed by atoms with van der Waals surface area (Å²) in [6.45, 7) is 5.18. The second-order valence-electron chi connectivity index (χ2n) is 5.76. The van der Waals surface area contributed by atoms with Crippen molar-refractivity contribution in [2.45, 2.75) is 37.8 Å². The predicted molar refractivity (Wildman–Crippen MR) is 92.0 cm³/mol. The van der Waals surface area contributed by atoms with Gasteiger partial charge in [0.1, 0.15) is 4.90 Å². The van der Waals surface area contributed by atoms with Crippen LogP contribution in [0.3, 0.4) is 0 Å². The van der Waals surface area contributed by atoms with Crippen molar-refractivity contribution in [3.63, 3.8) is 0 Å². The van der Waals surface area contributed by atoms with Crippen LogP contribution in [0.15, 0.2) is 14.7 Å². The van der Waals surface area contributed by atoms with Crippen LogP contribution in [0.5, 0.6) is 0 Å². The molecule has 0 amide bonds. The summed E-state index contributed by atoms with van der Waals surface area (Å²) in [5.41, 5.74) is 5.58. The topological polar surface area (TPSA) is 75.4 Å². The number of thiophene rings is 1. The molecule has 0 radical (unpaired) electrons. The van der Waals surface area contributed by atoms with E-state index in [9.17, 15) is 8.42 Å². The minimum atomic E-state index is -3.54. The molecule has 1 rings (SSSR count). The van der Waals surface area contributed by atoms with E-state index in [1.807, 2.05) is 19.0 Å². The molecule has 21 heavy (non-hydrogen) atoms. The molecule has 0 aliphatic carbocycles. The summed E-state index contributed by atoms with van der Waals surface area (Å²) in [4.78, 5) is 3.11. The zero-order valence-electron chi connectivity index (χ0n) is 12.9. The van der Waals surface area contributed by atoms with Crippen LogP contribution in [0.4, 0.5) is 0 Å². The lowest BCUT2D eigenvalue weighted by Gasteiger charge is -2.23. The molecule has 0 spiro atoms. The van der Waals surface area contributed by atoms with Crippen molar-refractivity contribution in [2.75, 3.05) is 20.6 Å². The van der Waals surface area contributed by atoms with Crippen molar-refractivity contribution < 1.29 is 8.42 Å². The Bertz CT molecular complexity index is 546. The monoisotopic (exact) mass is 397 g/mol. The smallest absolute Gasteiger partial charge is 0.242 e. The first-order valence-corrected chi connectivity index (χ1v) is 9.90. The van der Waals surface area contributed by atoms with Gasteiger partial charge in [-0.3, -0.25) is 0 Å². The Kier molecular flexibility index (Phi) is 7.29. The van der Waals surface area contributed by atoms with Gasteiger partial charge in [0.15, 0.2) is 0 Å². The van der Waals surface area contributed by atoms with Crippen molar-refractivity contribution >= 4 is 37.3 Å². The highest BCUT2D eigenvalue weighted by atomic mass is 79.9. The summed E-state index contributed by atoms with van der Waals surface area (Å²) in [7, 11) is 0.339. The average Bonchev–Trinajstić information content (AvgIpc) is 2.68. The number of nitrogens with two attached hydrogens (primary N) is 1. The Morgan fingerprint density at radius 3 is 2.48 bits per heavy atom. The van der Waals surface area contributed by atoms with Crippen molar-refractivity contribution in [1.82, 2.24) is 9.62 Å². The van der Waals surface area contributed by atoms with E-state index in [0.29, 0.717) is 22.8 Å². The lowest BCUT2D eigenvalue weighted by molar-refractivity contribution is 0.329. The molecule has 122 valence electrons. The zero-order valence-corrected chi connectivity index (χ0v) is 16.1. The molecule has 1 unspecified atom stereocenters. The second kappa shape index (κ2) is 8.03. The number of rotatable bonds is 8. The van der Waals surface area contributed by atoms with Crippen LogP contribution >= 0.6 is 27.3 Å². The van der Waals surface area contributed by atoms with Crippen LogP contribution in [0.1, 0.15) is 25.1 Å². The molecule has 0 fully saturated rings. The molecule has 5 nitrogen and oxygen atoms in total. The van der Waals surface area contributed by atoms with Gasteiger partial charge in [0.05, 0.1) is 3.79 Å². The van der Waals surface area contributed by atoms with Gasteiger partial charge < -0.3 is 10.6 Å². The normalized spacial score (nSPS) is 14.1. The third-order valence-electron chi connectivity index (χ3n) is 2.86. The summed E-state index contributed by atoms with van der Waals surface area (Å²) in [6, 6.07) is 1.53. The number of likely N-dealkylation sites (N-methyl/N-ethyl adjacent to an activating group) is 1. The summed E-state index contributed by atoms with van der Waals surface area (Å²) in [5.74, 6) is 0.420. The minimum Gasteiger partial charge on any atom is -0.326 e.